The highest BCUT2D eigenvalue weighted by molar-refractivity contribution is 7.99. The van der Waals surface area contributed by atoms with Crippen molar-refractivity contribution in [1.82, 2.24) is 10.3 Å². The Hall–Kier alpha value is -3.01. The van der Waals surface area contributed by atoms with Crippen LogP contribution in [0.3, 0.4) is 0 Å². The third-order valence-corrected chi connectivity index (χ3v) is 4.48. The van der Waals surface area contributed by atoms with Crippen molar-refractivity contribution in [2.75, 3.05) is 11.6 Å². The van der Waals surface area contributed by atoms with E-state index in [1.165, 1.54) is 24.9 Å². The van der Waals surface area contributed by atoms with Gasteiger partial charge >= 0.3 is 0 Å². The maximum atomic E-state index is 12.2. The molecule has 0 aromatic carbocycles. The van der Waals surface area contributed by atoms with Gasteiger partial charge in [0.25, 0.3) is 5.91 Å². The van der Waals surface area contributed by atoms with Crippen LogP contribution in [0.2, 0.25) is 0 Å². The molecule has 9 nitrogen and oxygen atoms in total. The molecule has 150 valence electrons. The van der Waals surface area contributed by atoms with Gasteiger partial charge in [0.05, 0.1) is 35.1 Å². The fraction of sp³-hybridized carbons (Fsp3) is 0.333. The van der Waals surface area contributed by atoms with E-state index in [1.807, 2.05) is 0 Å². The molecule has 0 aliphatic rings. The highest BCUT2D eigenvalue weighted by Crippen LogP contribution is 2.18. The van der Waals surface area contributed by atoms with Crippen LogP contribution in [0.15, 0.2) is 24.0 Å². The molecule has 1 aromatic rings. The van der Waals surface area contributed by atoms with Crippen LogP contribution in [-0.2, 0) is 9.59 Å². The summed E-state index contributed by atoms with van der Waals surface area (Å²) in [7, 11) is 0. The molecule has 1 rings (SSSR count). The molecule has 1 unspecified atom stereocenters. The molecule has 10 heteroatoms. The van der Waals surface area contributed by atoms with Crippen molar-refractivity contribution in [3.8, 4) is 0 Å². The number of thioether (sulfide) groups is 1. The van der Waals surface area contributed by atoms with Crippen LogP contribution in [0.1, 0.15) is 32.9 Å². The van der Waals surface area contributed by atoms with Gasteiger partial charge in [-0.3, -0.25) is 20.0 Å². The predicted molar refractivity (Wildman–Crippen MR) is 114 cm³/mol. The molecule has 0 aliphatic heterocycles. The van der Waals surface area contributed by atoms with Crippen molar-refractivity contribution in [3.05, 3.63) is 29.7 Å². The van der Waals surface area contributed by atoms with Gasteiger partial charge < -0.3 is 27.2 Å². The number of aromatic nitrogens is 1. The Morgan fingerprint density at radius 1 is 1.18 bits per heavy atom. The van der Waals surface area contributed by atoms with Crippen LogP contribution < -0.4 is 16.4 Å². The topological polar surface area (TPSA) is 169 Å². The Morgan fingerprint density at radius 3 is 2.25 bits per heavy atom. The summed E-state index contributed by atoms with van der Waals surface area (Å²) in [6.45, 7) is 4.67. The number of carbonyl (C=O) groups is 2. The van der Waals surface area contributed by atoms with E-state index in [1.54, 1.807) is 32.2 Å². The van der Waals surface area contributed by atoms with Gasteiger partial charge in [-0.25, -0.2) is 0 Å². The third-order valence-electron chi connectivity index (χ3n) is 3.62. The van der Waals surface area contributed by atoms with Gasteiger partial charge in [-0.05, 0) is 39.2 Å². The van der Waals surface area contributed by atoms with Crippen molar-refractivity contribution in [3.63, 3.8) is 0 Å². The van der Waals surface area contributed by atoms with Crippen molar-refractivity contribution in [1.29, 1.82) is 16.2 Å². The smallest absolute Gasteiger partial charge is 0.271 e. The van der Waals surface area contributed by atoms with E-state index in [-0.39, 0.29) is 18.0 Å². The summed E-state index contributed by atoms with van der Waals surface area (Å²) >= 11 is 1.26. The minimum absolute atomic E-state index is 0.00828. The SMILES string of the molecule is CSC(CC(=O)Nc1ccc(/C(C(C)=N)=C(\C)N)nc1)NC(=O)C(=N)C(C)=N. The summed E-state index contributed by atoms with van der Waals surface area (Å²) < 4.78 is 0. The molecule has 7 N–H and O–H groups in total. The van der Waals surface area contributed by atoms with E-state index in [9.17, 15) is 9.59 Å². The highest BCUT2D eigenvalue weighted by atomic mass is 32.2. The number of hydrogen-bond acceptors (Lipinski definition) is 8. The monoisotopic (exact) mass is 403 g/mol. The number of carbonyl (C=O) groups excluding carboxylic acids is 2. The first-order valence-corrected chi connectivity index (χ1v) is 9.61. The van der Waals surface area contributed by atoms with Crippen LogP contribution in [-0.4, -0.2) is 45.6 Å². The van der Waals surface area contributed by atoms with E-state index in [0.717, 1.165) is 0 Å². The minimum Gasteiger partial charge on any atom is -0.402 e. The van der Waals surface area contributed by atoms with Crippen molar-refractivity contribution < 1.29 is 9.59 Å². The van der Waals surface area contributed by atoms with Crippen molar-refractivity contribution in [2.45, 2.75) is 32.6 Å². The summed E-state index contributed by atoms with van der Waals surface area (Å²) in [4.78, 5) is 28.3. The van der Waals surface area contributed by atoms with Crippen molar-refractivity contribution >= 4 is 52.0 Å². The number of nitrogens with one attached hydrogen (secondary N) is 5. The minimum atomic E-state index is -0.691. The first-order valence-electron chi connectivity index (χ1n) is 8.32. The zero-order valence-electron chi connectivity index (χ0n) is 16.3. The summed E-state index contributed by atoms with van der Waals surface area (Å²) in [6.07, 6.45) is 3.20. The van der Waals surface area contributed by atoms with Crippen LogP contribution in [0.4, 0.5) is 5.69 Å². The van der Waals surface area contributed by atoms with Gasteiger partial charge in [0.2, 0.25) is 5.91 Å². The number of allylic oxidation sites excluding steroid dienone is 2. The molecule has 0 radical (unpaired) electrons. The summed E-state index contributed by atoms with van der Waals surface area (Å²) in [5.74, 6) is -1.02. The zero-order valence-corrected chi connectivity index (χ0v) is 17.1. The van der Waals surface area contributed by atoms with E-state index in [4.69, 9.17) is 22.0 Å². The maximum Gasteiger partial charge on any atom is 0.271 e. The molecule has 28 heavy (non-hydrogen) atoms. The summed E-state index contributed by atoms with van der Waals surface area (Å²) in [6, 6.07) is 3.33. The number of hydrogen-bond donors (Lipinski definition) is 6. The lowest BCUT2D eigenvalue weighted by Crippen LogP contribution is -2.41. The maximum absolute atomic E-state index is 12.2. The number of amides is 2. The average molecular weight is 404 g/mol. The van der Waals surface area contributed by atoms with Gasteiger partial charge in [0.1, 0.15) is 5.71 Å². The number of anilines is 1. The Bertz CT molecular complexity index is 827. The predicted octanol–water partition coefficient (Wildman–Crippen LogP) is 2.00. The molecule has 0 bridgehead atoms. The molecule has 0 fully saturated rings. The molecule has 0 saturated carbocycles. The Labute approximate surface area is 168 Å². The molecule has 0 saturated heterocycles. The molecule has 1 atom stereocenters. The second-order valence-corrected chi connectivity index (χ2v) is 7.11. The Morgan fingerprint density at radius 2 is 1.82 bits per heavy atom. The summed E-state index contributed by atoms with van der Waals surface area (Å²) in [5.41, 5.74) is 7.58. The summed E-state index contributed by atoms with van der Waals surface area (Å²) in [5, 5.41) is 27.3. The van der Waals surface area contributed by atoms with Gasteiger partial charge in [0, 0.05) is 17.0 Å². The second-order valence-electron chi connectivity index (χ2n) is 6.07. The molecule has 0 spiro atoms. The number of pyridine rings is 1. The average Bonchev–Trinajstić information content (AvgIpc) is 2.61. The lowest BCUT2D eigenvalue weighted by Gasteiger charge is -2.16. The largest absolute Gasteiger partial charge is 0.402 e. The lowest BCUT2D eigenvalue weighted by molar-refractivity contribution is -0.117. The molecule has 2 amide bonds. The Balaban J connectivity index is 2.75. The normalized spacial score (nSPS) is 12.4. The molecular formula is C18H25N7O2S. The van der Waals surface area contributed by atoms with E-state index in [0.29, 0.717) is 28.4 Å². The zero-order chi connectivity index (χ0) is 21.4. The van der Waals surface area contributed by atoms with E-state index >= 15 is 0 Å². The quantitative estimate of drug-likeness (QED) is 0.273. The fourth-order valence-electron chi connectivity index (χ4n) is 2.27. The number of rotatable bonds is 9. The van der Waals surface area contributed by atoms with Gasteiger partial charge in [-0.2, -0.15) is 0 Å². The van der Waals surface area contributed by atoms with Gasteiger partial charge in [-0.15, -0.1) is 11.8 Å². The van der Waals surface area contributed by atoms with Crippen LogP contribution in [0.5, 0.6) is 0 Å². The van der Waals surface area contributed by atoms with E-state index < -0.39 is 17.0 Å². The number of nitrogens with zero attached hydrogens (tertiary/aromatic N) is 1. The first kappa shape index (κ1) is 23.0. The molecule has 1 heterocycles. The molecular weight excluding hydrogens is 378 g/mol. The van der Waals surface area contributed by atoms with E-state index in [2.05, 4.69) is 15.6 Å². The van der Waals surface area contributed by atoms with Crippen LogP contribution >= 0.6 is 11.8 Å². The van der Waals surface area contributed by atoms with Crippen molar-refractivity contribution in [2.24, 2.45) is 5.73 Å². The van der Waals surface area contributed by atoms with Gasteiger partial charge in [0.15, 0.2) is 0 Å². The Kier molecular flexibility index (Phi) is 8.52. The highest BCUT2D eigenvalue weighted by Gasteiger charge is 2.19. The first-order chi connectivity index (χ1) is 13.1. The fourth-order valence-corrected chi connectivity index (χ4v) is 2.81. The standard InChI is InChI=1S/C18H25N7O2S/c1-9(19)16(10(2)20)13-6-5-12(8-23-13)24-14(26)7-15(28-4)25-18(27)17(22)11(3)21/h5-6,8,15,19,21-22H,7,20H2,1-4H3,(H,24,26)(H,25,27)/b16-10+,19-9?,21-11?,22-17?. The number of nitrogens with two attached hydrogens (primary N) is 1. The third kappa shape index (κ3) is 6.62. The molecule has 0 aliphatic carbocycles. The van der Waals surface area contributed by atoms with Gasteiger partial charge in [-0.1, -0.05) is 0 Å². The second kappa shape index (κ2) is 10.4. The van der Waals surface area contributed by atoms with Crippen LogP contribution in [0.25, 0.3) is 5.57 Å². The van der Waals surface area contributed by atoms with Crippen LogP contribution in [0, 0.1) is 16.2 Å². The molecule has 1 aromatic heterocycles. The lowest BCUT2D eigenvalue weighted by atomic mass is 10.1.